The van der Waals surface area contributed by atoms with Crippen molar-refractivity contribution in [3.8, 4) is 0 Å². The Bertz CT molecular complexity index is 972. The zero-order valence-electron chi connectivity index (χ0n) is 19.1. The Balaban J connectivity index is 1.50. The van der Waals surface area contributed by atoms with E-state index in [1.54, 1.807) is 17.0 Å². The standard InChI is InChI=1S/C25H31ClN4O3/c1-3-19-6-4-5-7-22(19)28-24(32)17-29-12-14-30(15-13-29)25(33)16-23(27-18(2)31)20-8-10-21(26)11-9-20/h4-11,23H,3,12-17H2,1-2H3,(H,27,31)(H,28,32). The number of carbonyl (C=O) groups excluding carboxylic acids is 3. The zero-order valence-corrected chi connectivity index (χ0v) is 19.9. The summed E-state index contributed by atoms with van der Waals surface area (Å²) in [6.07, 6.45) is 1.03. The molecule has 1 unspecified atom stereocenters. The summed E-state index contributed by atoms with van der Waals surface area (Å²) >= 11 is 5.96. The number of carbonyl (C=O) groups is 3. The van der Waals surface area contributed by atoms with Crippen molar-refractivity contribution in [2.24, 2.45) is 0 Å². The molecular weight excluding hydrogens is 440 g/mol. The van der Waals surface area contributed by atoms with Crippen LogP contribution in [0.15, 0.2) is 48.5 Å². The van der Waals surface area contributed by atoms with Crippen molar-refractivity contribution in [3.63, 3.8) is 0 Å². The Kier molecular flexibility index (Phi) is 8.86. The van der Waals surface area contributed by atoms with E-state index in [4.69, 9.17) is 11.6 Å². The fraction of sp³-hybridized carbons (Fsp3) is 0.400. The molecule has 3 rings (SSSR count). The van der Waals surface area contributed by atoms with Crippen LogP contribution in [0.3, 0.4) is 0 Å². The molecule has 2 N–H and O–H groups in total. The van der Waals surface area contributed by atoms with E-state index >= 15 is 0 Å². The fourth-order valence-corrected chi connectivity index (χ4v) is 4.12. The molecule has 1 heterocycles. The van der Waals surface area contributed by atoms with Crippen molar-refractivity contribution in [2.75, 3.05) is 38.0 Å². The average molecular weight is 471 g/mol. The Morgan fingerprint density at radius 2 is 1.67 bits per heavy atom. The van der Waals surface area contributed by atoms with Gasteiger partial charge in [0.2, 0.25) is 17.7 Å². The molecule has 176 valence electrons. The lowest BCUT2D eigenvalue weighted by molar-refractivity contribution is -0.133. The number of nitrogens with one attached hydrogen (secondary N) is 2. The SMILES string of the molecule is CCc1ccccc1NC(=O)CN1CCN(C(=O)CC(NC(C)=O)c2ccc(Cl)cc2)CC1. The monoisotopic (exact) mass is 470 g/mol. The summed E-state index contributed by atoms with van der Waals surface area (Å²) in [5.74, 6) is -0.267. The molecular formula is C25H31ClN4O3. The molecule has 8 heteroatoms. The molecule has 0 radical (unpaired) electrons. The molecule has 1 atom stereocenters. The van der Waals surface area contributed by atoms with Crippen LogP contribution in [-0.2, 0) is 20.8 Å². The fourth-order valence-electron chi connectivity index (χ4n) is 4.00. The van der Waals surface area contributed by atoms with Gasteiger partial charge in [-0.3, -0.25) is 19.3 Å². The molecule has 2 aromatic rings. The van der Waals surface area contributed by atoms with Gasteiger partial charge >= 0.3 is 0 Å². The molecule has 33 heavy (non-hydrogen) atoms. The average Bonchev–Trinajstić information content (AvgIpc) is 2.79. The summed E-state index contributed by atoms with van der Waals surface area (Å²) < 4.78 is 0. The summed E-state index contributed by atoms with van der Waals surface area (Å²) in [4.78, 5) is 40.9. The third-order valence-electron chi connectivity index (χ3n) is 5.79. The van der Waals surface area contributed by atoms with Crippen LogP contribution in [0.1, 0.15) is 37.4 Å². The van der Waals surface area contributed by atoms with Crippen LogP contribution in [-0.4, -0.2) is 60.2 Å². The van der Waals surface area contributed by atoms with Gasteiger partial charge in [-0.05, 0) is 35.7 Å². The normalized spacial score (nSPS) is 15.1. The van der Waals surface area contributed by atoms with E-state index in [1.165, 1.54) is 6.92 Å². The van der Waals surface area contributed by atoms with E-state index in [9.17, 15) is 14.4 Å². The van der Waals surface area contributed by atoms with Gasteiger partial charge in [-0.2, -0.15) is 0 Å². The van der Waals surface area contributed by atoms with Crippen molar-refractivity contribution >= 4 is 35.0 Å². The van der Waals surface area contributed by atoms with Crippen LogP contribution >= 0.6 is 11.6 Å². The summed E-state index contributed by atoms with van der Waals surface area (Å²) in [7, 11) is 0. The zero-order chi connectivity index (χ0) is 23.8. The first-order chi connectivity index (χ1) is 15.9. The van der Waals surface area contributed by atoms with Gasteiger partial charge in [0, 0.05) is 43.8 Å². The van der Waals surface area contributed by atoms with Crippen LogP contribution < -0.4 is 10.6 Å². The highest BCUT2D eigenvalue weighted by Crippen LogP contribution is 2.21. The van der Waals surface area contributed by atoms with Gasteiger partial charge in [0.25, 0.3) is 0 Å². The van der Waals surface area contributed by atoms with E-state index in [1.807, 2.05) is 36.4 Å². The maximum atomic E-state index is 12.9. The molecule has 1 aliphatic heterocycles. The Morgan fingerprint density at radius 1 is 1.00 bits per heavy atom. The highest BCUT2D eigenvalue weighted by molar-refractivity contribution is 6.30. The van der Waals surface area contributed by atoms with Gasteiger partial charge in [0.05, 0.1) is 19.0 Å². The maximum Gasteiger partial charge on any atom is 0.238 e. The van der Waals surface area contributed by atoms with Gasteiger partial charge in [-0.1, -0.05) is 48.9 Å². The first kappa shape index (κ1) is 24.7. The second kappa shape index (κ2) is 11.8. The lowest BCUT2D eigenvalue weighted by Crippen LogP contribution is -2.51. The van der Waals surface area contributed by atoms with E-state index in [0.29, 0.717) is 37.7 Å². The molecule has 3 amide bonds. The number of hydrogen-bond acceptors (Lipinski definition) is 4. The summed E-state index contributed by atoms with van der Waals surface area (Å²) in [5.41, 5.74) is 2.80. The molecule has 0 aliphatic carbocycles. The number of para-hydroxylation sites is 1. The van der Waals surface area contributed by atoms with Gasteiger partial charge in [0.1, 0.15) is 0 Å². The smallest absolute Gasteiger partial charge is 0.238 e. The number of piperazine rings is 1. The number of aryl methyl sites for hydroxylation is 1. The maximum absolute atomic E-state index is 12.9. The summed E-state index contributed by atoms with van der Waals surface area (Å²) in [6, 6.07) is 14.5. The van der Waals surface area contributed by atoms with Crippen molar-refractivity contribution < 1.29 is 14.4 Å². The third kappa shape index (κ3) is 7.30. The molecule has 0 saturated carbocycles. The minimum Gasteiger partial charge on any atom is -0.349 e. The first-order valence-corrected chi connectivity index (χ1v) is 11.6. The largest absolute Gasteiger partial charge is 0.349 e. The first-order valence-electron chi connectivity index (χ1n) is 11.3. The van der Waals surface area contributed by atoms with Crippen LogP contribution in [0.2, 0.25) is 5.02 Å². The van der Waals surface area contributed by atoms with Crippen molar-refractivity contribution in [1.82, 2.24) is 15.1 Å². The number of nitrogens with zero attached hydrogens (tertiary/aromatic N) is 2. The van der Waals surface area contributed by atoms with Crippen LogP contribution in [0.4, 0.5) is 5.69 Å². The van der Waals surface area contributed by atoms with Crippen molar-refractivity contribution in [1.29, 1.82) is 0 Å². The Hall–Kier alpha value is -2.90. The number of halogens is 1. The van der Waals surface area contributed by atoms with E-state index in [-0.39, 0.29) is 24.1 Å². The Labute approximate surface area is 200 Å². The van der Waals surface area contributed by atoms with Crippen LogP contribution in [0.25, 0.3) is 0 Å². The molecule has 2 aromatic carbocycles. The van der Waals surface area contributed by atoms with Gasteiger partial charge < -0.3 is 15.5 Å². The number of benzene rings is 2. The van der Waals surface area contributed by atoms with Crippen molar-refractivity contribution in [3.05, 3.63) is 64.7 Å². The number of hydrogen-bond donors (Lipinski definition) is 2. The Morgan fingerprint density at radius 3 is 2.30 bits per heavy atom. The molecule has 0 aromatic heterocycles. The molecule has 1 aliphatic rings. The highest BCUT2D eigenvalue weighted by Gasteiger charge is 2.25. The second-order valence-electron chi connectivity index (χ2n) is 8.22. The molecule has 1 saturated heterocycles. The summed E-state index contributed by atoms with van der Waals surface area (Å²) in [5, 5.41) is 6.46. The minimum absolute atomic E-state index is 0.0234. The van der Waals surface area contributed by atoms with Crippen molar-refractivity contribution in [2.45, 2.75) is 32.7 Å². The van der Waals surface area contributed by atoms with Gasteiger partial charge in [0.15, 0.2) is 0 Å². The van der Waals surface area contributed by atoms with E-state index < -0.39 is 6.04 Å². The van der Waals surface area contributed by atoms with Crippen LogP contribution in [0, 0.1) is 0 Å². The predicted octanol–water partition coefficient (Wildman–Crippen LogP) is 3.25. The van der Waals surface area contributed by atoms with Crippen LogP contribution in [0.5, 0.6) is 0 Å². The van der Waals surface area contributed by atoms with E-state index in [2.05, 4.69) is 22.5 Å². The molecule has 0 bridgehead atoms. The van der Waals surface area contributed by atoms with E-state index in [0.717, 1.165) is 23.2 Å². The lowest BCUT2D eigenvalue weighted by atomic mass is 10.0. The van der Waals surface area contributed by atoms with Gasteiger partial charge in [-0.15, -0.1) is 0 Å². The topological polar surface area (TPSA) is 81.8 Å². The predicted molar refractivity (Wildman–Crippen MR) is 130 cm³/mol. The highest BCUT2D eigenvalue weighted by atomic mass is 35.5. The molecule has 0 spiro atoms. The quantitative estimate of drug-likeness (QED) is 0.620. The second-order valence-corrected chi connectivity index (χ2v) is 8.66. The molecule has 1 fully saturated rings. The minimum atomic E-state index is -0.408. The van der Waals surface area contributed by atoms with Gasteiger partial charge in [-0.25, -0.2) is 0 Å². The number of amides is 3. The molecule has 7 nitrogen and oxygen atoms in total. The lowest BCUT2D eigenvalue weighted by Gasteiger charge is -2.35. The number of anilines is 1. The number of rotatable bonds is 8. The summed E-state index contributed by atoms with van der Waals surface area (Å²) in [6.45, 7) is 6.14. The third-order valence-corrected chi connectivity index (χ3v) is 6.05.